The topological polar surface area (TPSA) is 134 Å². The number of nitrogens with zero attached hydrogens (tertiary/aromatic N) is 5. The zero-order valence-electron chi connectivity index (χ0n) is 16.0. The van der Waals surface area contributed by atoms with E-state index < -0.39 is 5.91 Å². The molecule has 29 heavy (non-hydrogen) atoms. The van der Waals surface area contributed by atoms with Crippen molar-refractivity contribution in [2.75, 3.05) is 6.54 Å². The van der Waals surface area contributed by atoms with E-state index in [1.807, 2.05) is 26.0 Å². The number of primary amides is 1. The van der Waals surface area contributed by atoms with Gasteiger partial charge in [-0.05, 0) is 26.0 Å². The number of hydrogen-bond donors (Lipinski definition) is 2. The van der Waals surface area contributed by atoms with Crippen LogP contribution in [0.1, 0.15) is 33.5 Å². The third-order valence-electron chi connectivity index (χ3n) is 4.01. The smallest absolute Gasteiger partial charge is 0.297 e. The Balaban J connectivity index is 0.00000300. The van der Waals surface area contributed by atoms with Gasteiger partial charge in [0.1, 0.15) is 5.69 Å². The number of allylic oxidation sites excluding steroid dienone is 1. The molecule has 0 radical (unpaired) electrons. The number of pyridine rings is 1. The zero-order chi connectivity index (χ0) is 20.3. The quantitative estimate of drug-likeness (QED) is 0.564. The van der Waals surface area contributed by atoms with Crippen LogP contribution in [0.15, 0.2) is 35.5 Å². The molecule has 0 aliphatic heterocycles. The third kappa shape index (κ3) is 4.78. The van der Waals surface area contributed by atoms with Gasteiger partial charge in [0.2, 0.25) is 5.91 Å². The number of nitrogens with two attached hydrogens (primary N) is 2. The van der Waals surface area contributed by atoms with Crippen LogP contribution < -0.4 is 16.3 Å². The maximum absolute atomic E-state index is 12.8. The standard InChI is InChI=1S/C18H21N7O2S.ClH/c1-3-25-13(8-11(2)23-25)17(27)22-18-24(7-5-4-6-19)16-14(28-18)9-12(10-21-16)15(20)26;/h4-5,8-10H,3,6-7,19H2,1-2H3,(H2,20,26);1H/b5-4+,22-18?;. The lowest BCUT2D eigenvalue weighted by Gasteiger charge is -2.02. The van der Waals surface area contributed by atoms with Gasteiger partial charge in [-0.2, -0.15) is 10.1 Å². The lowest BCUT2D eigenvalue weighted by molar-refractivity contribution is 0.0983. The van der Waals surface area contributed by atoms with Gasteiger partial charge < -0.3 is 11.5 Å². The van der Waals surface area contributed by atoms with Crippen molar-refractivity contribution in [2.24, 2.45) is 16.5 Å². The number of aromatic nitrogens is 4. The fraction of sp³-hybridized carbons (Fsp3) is 0.278. The number of amides is 2. The van der Waals surface area contributed by atoms with Crippen molar-refractivity contribution >= 4 is 45.9 Å². The molecule has 0 unspecified atom stereocenters. The highest BCUT2D eigenvalue weighted by Crippen LogP contribution is 2.17. The molecular weight excluding hydrogens is 414 g/mol. The number of thiazole rings is 1. The van der Waals surface area contributed by atoms with Crippen LogP contribution >= 0.6 is 23.7 Å². The van der Waals surface area contributed by atoms with Crippen molar-refractivity contribution in [3.8, 4) is 0 Å². The van der Waals surface area contributed by atoms with Crippen LogP contribution in [0.4, 0.5) is 0 Å². The first kappa shape index (κ1) is 22.5. The summed E-state index contributed by atoms with van der Waals surface area (Å²) in [7, 11) is 0. The van der Waals surface area contributed by atoms with Crippen LogP contribution in [0.2, 0.25) is 0 Å². The minimum absolute atomic E-state index is 0. The largest absolute Gasteiger partial charge is 0.366 e. The number of hydrogen-bond acceptors (Lipinski definition) is 6. The third-order valence-corrected chi connectivity index (χ3v) is 5.03. The lowest BCUT2D eigenvalue weighted by atomic mass is 10.3. The van der Waals surface area contributed by atoms with Crippen LogP contribution in [0.3, 0.4) is 0 Å². The average Bonchev–Trinajstić information content (AvgIpc) is 3.21. The molecule has 154 valence electrons. The summed E-state index contributed by atoms with van der Waals surface area (Å²) < 4.78 is 4.13. The van der Waals surface area contributed by atoms with E-state index in [0.29, 0.717) is 46.0 Å². The molecular formula is C18H22ClN7O2S. The Morgan fingerprint density at radius 3 is 2.72 bits per heavy atom. The minimum atomic E-state index is -0.561. The van der Waals surface area contributed by atoms with E-state index in [2.05, 4.69) is 15.1 Å². The molecule has 0 aliphatic carbocycles. The summed E-state index contributed by atoms with van der Waals surface area (Å²) in [5, 5.41) is 4.29. The molecule has 0 bridgehead atoms. The zero-order valence-corrected chi connectivity index (χ0v) is 17.7. The highest BCUT2D eigenvalue weighted by atomic mass is 35.5. The fourth-order valence-corrected chi connectivity index (χ4v) is 3.76. The minimum Gasteiger partial charge on any atom is -0.366 e. The van der Waals surface area contributed by atoms with Gasteiger partial charge in [-0.1, -0.05) is 23.5 Å². The molecule has 0 fully saturated rings. The second-order valence-corrected chi connectivity index (χ2v) is 7.03. The number of aryl methyl sites for hydroxylation is 2. The second-order valence-electron chi connectivity index (χ2n) is 6.02. The van der Waals surface area contributed by atoms with E-state index in [0.717, 1.165) is 5.69 Å². The molecule has 3 aromatic heterocycles. The number of fused-ring (bicyclic) bond motifs is 1. The summed E-state index contributed by atoms with van der Waals surface area (Å²) in [6.45, 7) is 5.16. The van der Waals surface area contributed by atoms with Gasteiger partial charge in [0.05, 0.1) is 16.0 Å². The van der Waals surface area contributed by atoms with E-state index in [4.69, 9.17) is 11.5 Å². The summed E-state index contributed by atoms with van der Waals surface area (Å²) in [5.74, 6) is -0.949. The van der Waals surface area contributed by atoms with Crippen molar-refractivity contribution in [2.45, 2.75) is 26.9 Å². The normalized spacial score (nSPS) is 11.9. The summed E-state index contributed by atoms with van der Waals surface area (Å²) in [4.78, 5) is 33.3. The van der Waals surface area contributed by atoms with Crippen molar-refractivity contribution in [3.63, 3.8) is 0 Å². The first-order chi connectivity index (χ1) is 13.4. The fourth-order valence-electron chi connectivity index (χ4n) is 2.72. The molecule has 0 aromatic carbocycles. The van der Waals surface area contributed by atoms with Gasteiger partial charge in [-0.25, -0.2) is 4.98 Å². The molecule has 3 rings (SSSR count). The lowest BCUT2D eigenvalue weighted by Crippen LogP contribution is -2.18. The number of carbonyl (C=O) groups is 2. The molecule has 0 aliphatic rings. The van der Waals surface area contributed by atoms with Crippen molar-refractivity contribution in [3.05, 3.63) is 52.2 Å². The Kier molecular flexibility index (Phi) is 7.43. The monoisotopic (exact) mass is 435 g/mol. The average molecular weight is 436 g/mol. The van der Waals surface area contributed by atoms with E-state index >= 15 is 0 Å². The highest BCUT2D eigenvalue weighted by Gasteiger charge is 2.15. The van der Waals surface area contributed by atoms with Gasteiger partial charge in [-0.15, -0.1) is 12.4 Å². The Morgan fingerprint density at radius 2 is 2.07 bits per heavy atom. The second kappa shape index (κ2) is 9.59. The Bertz CT molecular complexity index is 1140. The summed E-state index contributed by atoms with van der Waals surface area (Å²) >= 11 is 1.27. The number of carbonyl (C=O) groups excluding carboxylic acids is 2. The van der Waals surface area contributed by atoms with Crippen molar-refractivity contribution < 1.29 is 9.59 Å². The van der Waals surface area contributed by atoms with E-state index in [9.17, 15) is 9.59 Å². The number of halogens is 1. The predicted octanol–water partition coefficient (Wildman–Crippen LogP) is 1.40. The maximum atomic E-state index is 12.8. The first-order valence-electron chi connectivity index (χ1n) is 8.72. The molecule has 3 heterocycles. The van der Waals surface area contributed by atoms with Crippen molar-refractivity contribution in [1.82, 2.24) is 19.3 Å². The van der Waals surface area contributed by atoms with Crippen LogP contribution in [0.25, 0.3) is 10.3 Å². The van der Waals surface area contributed by atoms with Gasteiger partial charge in [0, 0.05) is 25.8 Å². The Morgan fingerprint density at radius 1 is 1.31 bits per heavy atom. The van der Waals surface area contributed by atoms with Gasteiger partial charge in [0.25, 0.3) is 5.91 Å². The molecule has 0 spiro atoms. The van der Waals surface area contributed by atoms with Crippen LogP contribution in [-0.4, -0.2) is 37.7 Å². The van der Waals surface area contributed by atoms with Crippen LogP contribution in [0.5, 0.6) is 0 Å². The molecule has 0 saturated heterocycles. The molecule has 0 atom stereocenters. The first-order valence-corrected chi connectivity index (χ1v) is 9.54. The summed E-state index contributed by atoms with van der Waals surface area (Å²) in [5.41, 5.74) is 13.0. The Labute approximate surface area is 177 Å². The Hall–Kier alpha value is -2.82. The van der Waals surface area contributed by atoms with E-state index in [1.165, 1.54) is 17.5 Å². The number of rotatable bonds is 6. The maximum Gasteiger partial charge on any atom is 0.297 e. The molecule has 11 heteroatoms. The molecule has 0 saturated carbocycles. The molecule has 4 N–H and O–H groups in total. The van der Waals surface area contributed by atoms with Gasteiger partial charge in [0.15, 0.2) is 10.4 Å². The van der Waals surface area contributed by atoms with E-state index in [1.54, 1.807) is 21.4 Å². The SMILES string of the molecule is CCn1nc(C)cc1C(=O)N=c1sc2cc(C(N)=O)cnc2n1C/C=C/CN.Cl. The summed E-state index contributed by atoms with van der Waals surface area (Å²) in [6, 6.07) is 3.37. The van der Waals surface area contributed by atoms with Crippen LogP contribution in [0, 0.1) is 6.92 Å². The molecule has 2 amide bonds. The highest BCUT2D eigenvalue weighted by molar-refractivity contribution is 7.16. The van der Waals surface area contributed by atoms with Gasteiger partial charge in [-0.3, -0.25) is 18.8 Å². The summed E-state index contributed by atoms with van der Waals surface area (Å²) in [6.07, 6.45) is 5.11. The van der Waals surface area contributed by atoms with Crippen molar-refractivity contribution in [1.29, 1.82) is 0 Å². The van der Waals surface area contributed by atoms with Crippen LogP contribution in [-0.2, 0) is 13.1 Å². The van der Waals surface area contributed by atoms with Gasteiger partial charge >= 0.3 is 0 Å². The predicted molar refractivity (Wildman–Crippen MR) is 114 cm³/mol. The molecule has 9 nitrogen and oxygen atoms in total. The molecule has 3 aromatic rings. The van der Waals surface area contributed by atoms with E-state index in [-0.39, 0.29) is 18.3 Å².